The normalized spacial score (nSPS) is 17.5. The second-order valence-electron chi connectivity index (χ2n) is 6.45. The van der Waals surface area contributed by atoms with Crippen LogP contribution in [0.3, 0.4) is 0 Å². The minimum atomic E-state index is 0.0281. The van der Waals surface area contributed by atoms with E-state index in [4.69, 9.17) is 4.52 Å². The molecule has 1 saturated heterocycles. The third kappa shape index (κ3) is 4.78. The first-order chi connectivity index (χ1) is 12.1. The summed E-state index contributed by atoms with van der Waals surface area (Å²) in [5.74, 6) is 2.22. The molecule has 0 radical (unpaired) electrons. The minimum Gasteiger partial charge on any atom is -0.355 e. The summed E-state index contributed by atoms with van der Waals surface area (Å²) in [4.78, 5) is 23.3. The van der Waals surface area contributed by atoms with E-state index in [-0.39, 0.29) is 11.9 Å². The molecule has 2 aromatic rings. The molecule has 25 heavy (non-hydrogen) atoms. The summed E-state index contributed by atoms with van der Waals surface area (Å²) in [6.45, 7) is 5.74. The third-order valence-electron chi connectivity index (χ3n) is 4.38. The van der Waals surface area contributed by atoms with Crippen molar-refractivity contribution in [2.75, 3.05) is 18.0 Å². The summed E-state index contributed by atoms with van der Waals surface area (Å²) in [7, 11) is 0. The van der Waals surface area contributed by atoms with Gasteiger partial charge in [-0.25, -0.2) is 4.98 Å². The van der Waals surface area contributed by atoms with Gasteiger partial charge in [0.1, 0.15) is 5.82 Å². The fraction of sp³-hybridized carbons (Fsp3) is 0.556. The van der Waals surface area contributed by atoms with Crippen molar-refractivity contribution in [3.8, 4) is 0 Å². The zero-order valence-electron chi connectivity index (χ0n) is 14.9. The second-order valence-corrected chi connectivity index (χ2v) is 6.45. The number of carbonyl (C=O) groups is 1. The van der Waals surface area contributed by atoms with Gasteiger partial charge in [-0.3, -0.25) is 4.79 Å². The number of aromatic nitrogens is 3. The number of anilines is 1. The molecule has 134 valence electrons. The minimum absolute atomic E-state index is 0.0281. The molecule has 1 unspecified atom stereocenters. The van der Waals surface area contributed by atoms with Crippen molar-refractivity contribution in [2.24, 2.45) is 0 Å². The molecule has 0 aromatic carbocycles. The van der Waals surface area contributed by atoms with Crippen LogP contribution in [0.25, 0.3) is 0 Å². The van der Waals surface area contributed by atoms with Gasteiger partial charge in [-0.05, 0) is 31.9 Å². The van der Waals surface area contributed by atoms with Crippen molar-refractivity contribution in [2.45, 2.75) is 52.0 Å². The largest absolute Gasteiger partial charge is 0.355 e. The fourth-order valence-corrected chi connectivity index (χ4v) is 3.06. The van der Waals surface area contributed by atoms with Gasteiger partial charge in [0.25, 0.3) is 0 Å². The van der Waals surface area contributed by atoms with E-state index in [1.165, 1.54) is 0 Å². The lowest BCUT2D eigenvalue weighted by Crippen LogP contribution is -2.48. The summed E-state index contributed by atoms with van der Waals surface area (Å²) in [5.41, 5.74) is 1.01. The number of nitrogens with zero attached hydrogens (tertiary/aromatic N) is 4. The number of pyridine rings is 1. The van der Waals surface area contributed by atoms with Crippen LogP contribution in [0.4, 0.5) is 5.82 Å². The maximum atomic E-state index is 12.2. The van der Waals surface area contributed by atoms with Crippen LogP contribution in [-0.2, 0) is 17.6 Å². The van der Waals surface area contributed by atoms with Gasteiger partial charge in [0.15, 0.2) is 5.82 Å². The number of amides is 1. The Kier molecular flexibility index (Phi) is 5.63. The highest BCUT2D eigenvalue weighted by Gasteiger charge is 2.22. The third-order valence-corrected chi connectivity index (χ3v) is 4.38. The SMILES string of the molecule is CCc1noc(CCC(=O)NC2CCCN(c3cccc(C)n3)C2)n1. The number of aryl methyl sites for hydroxylation is 3. The molecule has 1 fully saturated rings. The lowest BCUT2D eigenvalue weighted by Gasteiger charge is -2.34. The second kappa shape index (κ2) is 8.09. The Balaban J connectivity index is 1.49. The zero-order chi connectivity index (χ0) is 17.6. The van der Waals surface area contributed by atoms with Crippen LogP contribution in [0.15, 0.2) is 22.7 Å². The van der Waals surface area contributed by atoms with Crippen molar-refractivity contribution in [1.29, 1.82) is 0 Å². The van der Waals surface area contributed by atoms with E-state index in [1.54, 1.807) is 0 Å². The standard InChI is InChI=1S/C18H25N5O2/c1-3-15-21-18(25-22-15)10-9-17(24)20-14-7-5-11-23(12-14)16-8-4-6-13(2)19-16/h4,6,8,14H,3,5,7,9-12H2,1-2H3,(H,20,24). The molecule has 1 amide bonds. The summed E-state index contributed by atoms with van der Waals surface area (Å²) in [6.07, 6.45) is 3.62. The first-order valence-electron chi connectivity index (χ1n) is 8.93. The van der Waals surface area contributed by atoms with Crippen LogP contribution in [0.5, 0.6) is 0 Å². The smallest absolute Gasteiger partial charge is 0.227 e. The quantitative estimate of drug-likeness (QED) is 0.864. The first-order valence-corrected chi connectivity index (χ1v) is 8.93. The Labute approximate surface area is 147 Å². The van der Waals surface area contributed by atoms with Crippen LogP contribution >= 0.6 is 0 Å². The average Bonchev–Trinajstić information content (AvgIpc) is 3.08. The molecule has 2 aromatic heterocycles. The molecule has 0 spiro atoms. The average molecular weight is 343 g/mol. The predicted molar refractivity (Wildman–Crippen MR) is 94.3 cm³/mol. The van der Waals surface area contributed by atoms with Crippen LogP contribution in [0.1, 0.15) is 43.6 Å². The van der Waals surface area contributed by atoms with Crippen LogP contribution in [0.2, 0.25) is 0 Å². The van der Waals surface area contributed by atoms with E-state index in [2.05, 4.69) is 25.3 Å². The molecule has 1 atom stereocenters. The van der Waals surface area contributed by atoms with Crippen molar-refractivity contribution in [1.82, 2.24) is 20.4 Å². The van der Waals surface area contributed by atoms with Gasteiger partial charge < -0.3 is 14.7 Å². The molecule has 7 heteroatoms. The van der Waals surface area contributed by atoms with Gasteiger partial charge in [0.2, 0.25) is 11.8 Å². The van der Waals surface area contributed by atoms with Crippen molar-refractivity contribution in [3.05, 3.63) is 35.6 Å². The lowest BCUT2D eigenvalue weighted by molar-refractivity contribution is -0.121. The monoisotopic (exact) mass is 343 g/mol. The molecule has 3 rings (SSSR count). The Morgan fingerprint density at radius 2 is 2.28 bits per heavy atom. The van der Waals surface area contributed by atoms with Gasteiger partial charge in [0.05, 0.1) is 0 Å². The number of hydrogen-bond acceptors (Lipinski definition) is 6. The van der Waals surface area contributed by atoms with E-state index in [0.29, 0.717) is 24.6 Å². The van der Waals surface area contributed by atoms with Gasteiger partial charge in [-0.15, -0.1) is 0 Å². The highest BCUT2D eigenvalue weighted by Crippen LogP contribution is 2.18. The number of carbonyl (C=O) groups excluding carboxylic acids is 1. The van der Waals surface area contributed by atoms with Gasteiger partial charge in [0, 0.05) is 44.1 Å². The predicted octanol–water partition coefficient (Wildman–Crippen LogP) is 2.05. The van der Waals surface area contributed by atoms with Gasteiger partial charge >= 0.3 is 0 Å². The maximum Gasteiger partial charge on any atom is 0.227 e. The van der Waals surface area contributed by atoms with Crippen molar-refractivity contribution in [3.63, 3.8) is 0 Å². The highest BCUT2D eigenvalue weighted by atomic mass is 16.5. The molecule has 0 bridgehead atoms. The Morgan fingerprint density at radius 3 is 3.04 bits per heavy atom. The molecule has 0 saturated carbocycles. The number of nitrogens with one attached hydrogen (secondary N) is 1. The summed E-state index contributed by atoms with van der Waals surface area (Å²) < 4.78 is 5.12. The van der Waals surface area contributed by atoms with Crippen molar-refractivity contribution >= 4 is 11.7 Å². The fourth-order valence-electron chi connectivity index (χ4n) is 3.06. The number of hydrogen-bond donors (Lipinski definition) is 1. The molecule has 1 aliphatic rings. The van der Waals surface area contributed by atoms with E-state index in [9.17, 15) is 4.79 Å². The van der Waals surface area contributed by atoms with Crippen LogP contribution < -0.4 is 10.2 Å². The van der Waals surface area contributed by atoms with Crippen LogP contribution in [-0.4, -0.2) is 40.2 Å². The topological polar surface area (TPSA) is 84.2 Å². The van der Waals surface area contributed by atoms with Gasteiger partial charge in [-0.2, -0.15) is 4.98 Å². The molecule has 1 N–H and O–H groups in total. The number of piperidine rings is 1. The molecule has 7 nitrogen and oxygen atoms in total. The maximum absolute atomic E-state index is 12.2. The molecule has 0 aliphatic carbocycles. The van der Waals surface area contributed by atoms with E-state index < -0.39 is 0 Å². The molecule has 1 aliphatic heterocycles. The Bertz CT molecular complexity index is 715. The highest BCUT2D eigenvalue weighted by molar-refractivity contribution is 5.76. The van der Waals surface area contributed by atoms with E-state index in [1.807, 2.05) is 32.0 Å². The first kappa shape index (κ1) is 17.4. The Hall–Kier alpha value is -2.44. The van der Waals surface area contributed by atoms with Gasteiger partial charge in [-0.1, -0.05) is 18.1 Å². The number of rotatable bonds is 6. The van der Waals surface area contributed by atoms with Crippen LogP contribution in [0, 0.1) is 6.92 Å². The van der Waals surface area contributed by atoms with E-state index >= 15 is 0 Å². The molecular formula is C18H25N5O2. The zero-order valence-corrected chi connectivity index (χ0v) is 14.9. The van der Waals surface area contributed by atoms with Crippen molar-refractivity contribution < 1.29 is 9.32 Å². The lowest BCUT2D eigenvalue weighted by atomic mass is 10.1. The summed E-state index contributed by atoms with van der Waals surface area (Å²) in [5, 5.41) is 6.97. The Morgan fingerprint density at radius 1 is 1.40 bits per heavy atom. The summed E-state index contributed by atoms with van der Waals surface area (Å²) >= 11 is 0. The molecule has 3 heterocycles. The summed E-state index contributed by atoms with van der Waals surface area (Å²) in [6, 6.07) is 6.19. The molecular weight excluding hydrogens is 318 g/mol. The van der Waals surface area contributed by atoms with E-state index in [0.717, 1.165) is 43.9 Å².